The Balaban J connectivity index is 2.72. The number of halogens is 1. The summed E-state index contributed by atoms with van der Waals surface area (Å²) in [5, 5.41) is 3.53. The van der Waals surface area contributed by atoms with E-state index in [2.05, 4.69) is 31.4 Å². The first-order valence-electron chi connectivity index (χ1n) is 4.81. The Morgan fingerprint density at radius 1 is 1.36 bits per heavy atom. The van der Waals surface area contributed by atoms with Crippen LogP contribution in [0.3, 0.4) is 0 Å². The predicted octanol–water partition coefficient (Wildman–Crippen LogP) is 4.51. The fourth-order valence-corrected chi connectivity index (χ4v) is 3.23. The van der Waals surface area contributed by atoms with E-state index in [9.17, 15) is 0 Å². The average molecular weight is 225 g/mol. The molecule has 74 valence electrons. The molecule has 14 heavy (non-hydrogen) atoms. The average Bonchev–Trinajstić information content (AvgIpc) is 2.61. The summed E-state index contributed by atoms with van der Waals surface area (Å²) in [7, 11) is 0. The molecule has 0 spiro atoms. The number of benzene rings is 1. The fourth-order valence-electron chi connectivity index (χ4n) is 1.83. The number of fused-ring (bicyclic) bond motifs is 1. The highest BCUT2D eigenvalue weighted by Gasteiger charge is 2.06. The monoisotopic (exact) mass is 224 g/mol. The molecule has 0 aliphatic rings. The van der Waals surface area contributed by atoms with Gasteiger partial charge in [0.05, 0.1) is 0 Å². The molecule has 0 saturated heterocycles. The molecule has 0 aliphatic heterocycles. The van der Waals surface area contributed by atoms with Crippen LogP contribution in [0.15, 0.2) is 17.5 Å². The zero-order valence-electron chi connectivity index (χ0n) is 8.43. The molecule has 0 bridgehead atoms. The van der Waals surface area contributed by atoms with E-state index in [1.807, 2.05) is 0 Å². The lowest BCUT2D eigenvalue weighted by Crippen LogP contribution is -1.84. The highest BCUT2D eigenvalue weighted by atomic mass is 35.5. The Kier molecular flexibility index (Phi) is 2.80. The molecule has 0 unspecified atom stereocenters. The van der Waals surface area contributed by atoms with Gasteiger partial charge in [0.25, 0.3) is 0 Å². The van der Waals surface area contributed by atoms with Gasteiger partial charge in [-0.05, 0) is 46.9 Å². The first-order valence-corrected chi connectivity index (χ1v) is 6.23. The summed E-state index contributed by atoms with van der Waals surface area (Å²) >= 11 is 7.70. The van der Waals surface area contributed by atoms with E-state index in [1.54, 1.807) is 11.3 Å². The Morgan fingerprint density at radius 2 is 2.14 bits per heavy atom. The third-order valence-electron chi connectivity index (χ3n) is 2.56. The van der Waals surface area contributed by atoms with Gasteiger partial charge in [-0.15, -0.1) is 22.9 Å². The van der Waals surface area contributed by atoms with E-state index >= 15 is 0 Å². The molecule has 0 radical (unpaired) electrons. The van der Waals surface area contributed by atoms with Gasteiger partial charge in [-0.25, -0.2) is 0 Å². The van der Waals surface area contributed by atoms with Crippen LogP contribution in [0.5, 0.6) is 0 Å². The Hall–Kier alpha value is -0.530. The maximum atomic E-state index is 5.90. The van der Waals surface area contributed by atoms with Crippen molar-refractivity contribution in [2.24, 2.45) is 0 Å². The predicted molar refractivity (Wildman–Crippen MR) is 65.5 cm³/mol. The molecule has 1 heterocycles. The van der Waals surface area contributed by atoms with Crippen LogP contribution in [0.1, 0.15) is 23.6 Å². The van der Waals surface area contributed by atoms with Crippen LogP contribution >= 0.6 is 22.9 Å². The van der Waals surface area contributed by atoms with E-state index in [-0.39, 0.29) is 0 Å². The molecule has 2 rings (SSSR count). The van der Waals surface area contributed by atoms with Crippen LogP contribution in [-0.4, -0.2) is 0 Å². The van der Waals surface area contributed by atoms with Crippen molar-refractivity contribution in [3.8, 4) is 0 Å². The summed E-state index contributed by atoms with van der Waals surface area (Å²) < 4.78 is 1.37. The third kappa shape index (κ3) is 1.55. The summed E-state index contributed by atoms with van der Waals surface area (Å²) in [5.74, 6) is 0.617. The van der Waals surface area contributed by atoms with Crippen LogP contribution < -0.4 is 0 Å². The molecule has 2 aromatic rings. The molecule has 0 amide bonds. The van der Waals surface area contributed by atoms with E-state index in [0.29, 0.717) is 5.88 Å². The minimum atomic E-state index is 0.617. The van der Waals surface area contributed by atoms with Gasteiger partial charge >= 0.3 is 0 Å². The first kappa shape index (κ1) is 10.0. The van der Waals surface area contributed by atoms with E-state index < -0.39 is 0 Å². The Labute approximate surface area is 93.5 Å². The van der Waals surface area contributed by atoms with Gasteiger partial charge in [0.15, 0.2) is 0 Å². The zero-order valence-corrected chi connectivity index (χ0v) is 10.0. The van der Waals surface area contributed by atoms with Crippen LogP contribution in [0.4, 0.5) is 0 Å². The van der Waals surface area contributed by atoms with E-state index in [0.717, 1.165) is 6.42 Å². The second-order valence-corrected chi connectivity index (χ2v) is 4.71. The minimum absolute atomic E-state index is 0.617. The quantitative estimate of drug-likeness (QED) is 0.659. The topological polar surface area (TPSA) is 0 Å². The molecular weight excluding hydrogens is 212 g/mol. The highest BCUT2D eigenvalue weighted by molar-refractivity contribution is 7.17. The lowest BCUT2D eigenvalue weighted by atomic mass is 10.0. The molecule has 0 nitrogen and oxygen atoms in total. The molecule has 0 atom stereocenters. The maximum absolute atomic E-state index is 5.90. The molecule has 0 aliphatic carbocycles. The summed E-state index contributed by atoms with van der Waals surface area (Å²) in [6.45, 7) is 4.36. The largest absolute Gasteiger partial charge is 0.143 e. The van der Waals surface area contributed by atoms with Gasteiger partial charge in [-0.1, -0.05) is 13.0 Å². The highest BCUT2D eigenvalue weighted by Crippen LogP contribution is 2.31. The number of aryl methyl sites for hydroxylation is 2. The van der Waals surface area contributed by atoms with Gasteiger partial charge in [0, 0.05) is 10.6 Å². The van der Waals surface area contributed by atoms with Crippen molar-refractivity contribution >= 4 is 33.0 Å². The van der Waals surface area contributed by atoms with Gasteiger partial charge in [0.2, 0.25) is 0 Å². The van der Waals surface area contributed by atoms with E-state index in [1.165, 1.54) is 26.8 Å². The van der Waals surface area contributed by atoms with Crippen molar-refractivity contribution < 1.29 is 0 Å². The SMILES string of the molecule is CCc1cc(C)c2c(CCl)csc2c1. The third-order valence-corrected chi connectivity index (χ3v) is 3.83. The molecule has 0 N–H and O–H groups in total. The Bertz CT molecular complexity index is 457. The minimum Gasteiger partial charge on any atom is -0.143 e. The first-order chi connectivity index (χ1) is 6.76. The maximum Gasteiger partial charge on any atom is 0.0488 e. The summed E-state index contributed by atoms with van der Waals surface area (Å²) in [5.41, 5.74) is 4.04. The normalized spacial score (nSPS) is 11.1. The van der Waals surface area contributed by atoms with Gasteiger partial charge < -0.3 is 0 Å². The van der Waals surface area contributed by atoms with Crippen molar-refractivity contribution in [3.63, 3.8) is 0 Å². The second kappa shape index (κ2) is 3.92. The van der Waals surface area contributed by atoms with Gasteiger partial charge in [-0.2, -0.15) is 0 Å². The summed E-state index contributed by atoms with van der Waals surface area (Å²) in [6.07, 6.45) is 1.10. The molecule has 1 aromatic heterocycles. The standard InChI is InChI=1S/C12H13ClS/c1-3-9-4-8(2)12-10(6-13)7-14-11(12)5-9/h4-5,7H,3,6H2,1-2H3. The number of hydrogen-bond donors (Lipinski definition) is 0. The van der Waals surface area contributed by atoms with Gasteiger partial charge in [-0.3, -0.25) is 0 Å². The smallest absolute Gasteiger partial charge is 0.0488 e. The van der Waals surface area contributed by atoms with E-state index in [4.69, 9.17) is 11.6 Å². The fraction of sp³-hybridized carbons (Fsp3) is 0.333. The molecule has 1 aromatic carbocycles. The Morgan fingerprint density at radius 3 is 2.79 bits per heavy atom. The summed E-state index contributed by atoms with van der Waals surface area (Å²) in [4.78, 5) is 0. The number of thiophene rings is 1. The molecule has 0 saturated carbocycles. The van der Waals surface area contributed by atoms with Gasteiger partial charge in [0.1, 0.15) is 0 Å². The second-order valence-electron chi connectivity index (χ2n) is 3.53. The van der Waals surface area contributed by atoms with Crippen LogP contribution in [-0.2, 0) is 12.3 Å². The van der Waals surface area contributed by atoms with Crippen molar-refractivity contribution in [1.82, 2.24) is 0 Å². The lowest BCUT2D eigenvalue weighted by molar-refractivity contribution is 1.14. The molecule has 0 fully saturated rings. The molecular formula is C12H13ClS. The summed E-state index contributed by atoms with van der Waals surface area (Å²) in [6, 6.07) is 4.55. The zero-order chi connectivity index (χ0) is 10.1. The van der Waals surface area contributed by atoms with Crippen molar-refractivity contribution in [2.45, 2.75) is 26.1 Å². The van der Waals surface area contributed by atoms with Crippen molar-refractivity contribution in [2.75, 3.05) is 0 Å². The number of rotatable bonds is 2. The van der Waals surface area contributed by atoms with Crippen LogP contribution in [0, 0.1) is 6.92 Å². The van der Waals surface area contributed by atoms with Crippen LogP contribution in [0.2, 0.25) is 0 Å². The van der Waals surface area contributed by atoms with Crippen molar-refractivity contribution in [1.29, 1.82) is 0 Å². The number of hydrogen-bond acceptors (Lipinski definition) is 1. The van der Waals surface area contributed by atoms with Crippen LogP contribution in [0.25, 0.3) is 10.1 Å². The lowest BCUT2D eigenvalue weighted by Gasteiger charge is -2.02. The number of alkyl halides is 1. The van der Waals surface area contributed by atoms with Crippen molar-refractivity contribution in [3.05, 3.63) is 34.2 Å². The molecule has 2 heteroatoms.